The van der Waals surface area contributed by atoms with E-state index in [2.05, 4.69) is 62.4 Å². The Hall–Kier alpha value is -5.82. The van der Waals surface area contributed by atoms with Crippen LogP contribution in [0.5, 0.6) is 0 Å². The number of carbonyl (C=O) groups excluding carboxylic acids is 8. The fraction of sp³-hybridized carbons (Fsp3) is 0.438. The molecular formula is C48H63N5O13PS2+. The highest BCUT2D eigenvalue weighted by molar-refractivity contribution is 8.76. The monoisotopic (exact) mass is 1010 g/mol. The molecule has 0 fully saturated rings. The maximum absolute atomic E-state index is 13.4. The van der Waals surface area contributed by atoms with Crippen molar-refractivity contribution in [3.63, 3.8) is 0 Å². The molecule has 0 aliphatic rings. The van der Waals surface area contributed by atoms with Crippen molar-refractivity contribution in [1.82, 2.24) is 21.3 Å². The van der Waals surface area contributed by atoms with Crippen molar-refractivity contribution < 1.29 is 62.5 Å². The van der Waals surface area contributed by atoms with Crippen LogP contribution in [0.2, 0.25) is 0 Å². The lowest BCUT2D eigenvalue weighted by Gasteiger charge is -2.27. The molecule has 7 N–H and O–H groups in total. The quantitative estimate of drug-likeness (QED) is 0.0172. The van der Waals surface area contributed by atoms with Crippen molar-refractivity contribution in [2.45, 2.75) is 88.9 Å². The Morgan fingerprint density at radius 3 is 1.61 bits per heavy atom. The fourth-order valence-electron chi connectivity index (χ4n) is 7.02. The standard InChI is InChI=1S/C48H62N5O13PS2/c1-4-66-45(59)30-50-46(60)39(53-42(56)26-23-36(49)47(61)62)32-69-68-31-38(40(54)25-28-44(58)64-2)52-43(57)27-24-37(48(63)65-3)51-41(55)22-14-15-29-67(33-16-8-5-9-17-33,34-18-10-6-11-19-34)35-20-12-7-13-21-35/h5-13,16-21,36-39H,4,14-15,22-32,49H2,1-3H3,(H4-,50,51,52,53,55,56,57,60,61,62)/p+1/t36-,37-,38-,39-/m0/s1. The minimum Gasteiger partial charge on any atom is -0.480 e. The first-order chi connectivity index (χ1) is 33.1. The maximum Gasteiger partial charge on any atom is 0.328 e. The third-order valence-corrected chi connectivity index (χ3v) is 17.6. The van der Waals surface area contributed by atoms with Crippen LogP contribution in [-0.2, 0) is 57.4 Å². The van der Waals surface area contributed by atoms with Crippen molar-refractivity contribution in [3.05, 3.63) is 91.0 Å². The number of hydrogen-bond acceptors (Lipinski definition) is 15. The van der Waals surface area contributed by atoms with Crippen LogP contribution in [-0.4, -0.2) is 128 Å². The Morgan fingerprint density at radius 1 is 0.609 bits per heavy atom. The molecule has 0 saturated carbocycles. The lowest BCUT2D eigenvalue weighted by atomic mass is 10.1. The topological polar surface area (TPSA) is 276 Å². The van der Waals surface area contributed by atoms with E-state index in [-0.39, 0.29) is 63.1 Å². The molecule has 374 valence electrons. The molecule has 0 saturated heterocycles. The third-order valence-electron chi connectivity index (χ3n) is 10.7. The van der Waals surface area contributed by atoms with E-state index < -0.39 is 91.3 Å². The Morgan fingerprint density at radius 2 is 1.10 bits per heavy atom. The van der Waals surface area contributed by atoms with Gasteiger partial charge in [0, 0.05) is 37.2 Å². The molecule has 69 heavy (non-hydrogen) atoms. The second kappa shape index (κ2) is 31.3. The molecule has 0 aliphatic carbocycles. The average molecular weight is 1010 g/mol. The van der Waals surface area contributed by atoms with Crippen molar-refractivity contribution in [3.8, 4) is 0 Å². The summed E-state index contributed by atoms with van der Waals surface area (Å²) in [6.45, 7) is 1.19. The molecule has 0 heterocycles. The average Bonchev–Trinajstić information content (AvgIpc) is 3.36. The van der Waals surface area contributed by atoms with Gasteiger partial charge in [0.25, 0.3) is 0 Å². The fourth-order valence-corrected chi connectivity index (χ4v) is 13.8. The molecule has 0 spiro atoms. The zero-order valence-electron chi connectivity index (χ0n) is 39.1. The Balaban J connectivity index is 1.64. The first kappa shape index (κ1) is 57.5. The van der Waals surface area contributed by atoms with Crippen LogP contribution < -0.4 is 42.9 Å². The van der Waals surface area contributed by atoms with E-state index in [4.69, 9.17) is 20.3 Å². The maximum atomic E-state index is 13.4. The van der Waals surface area contributed by atoms with E-state index in [0.29, 0.717) is 12.8 Å². The van der Waals surface area contributed by atoms with Crippen LogP contribution in [0, 0.1) is 0 Å². The van der Waals surface area contributed by atoms with Crippen LogP contribution in [0.3, 0.4) is 0 Å². The van der Waals surface area contributed by atoms with Gasteiger partial charge in [-0.1, -0.05) is 76.2 Å². The molecule has 4 atom stereocenters. The molecule has 0 aromatic heterocycles. The van der Waals surface area contributed by atoms with Crippen molar-refractivity contribution >= 4 is 98.1 Å². The summed E-state index contributed by atoms with van der Waals surface area (Å²) < 4.78 is 14.4. The second-order valence-corrected chi connectivity index (χ2v) is 21.7. The Kier molecular flexibility index (Phi) is 26.1. The molecule has 0 bridgehead atoms. The van der Waals surface area contributed by atoms with Gasteiger partial charge in [-0.25, -0.2) is 4.79 Å². The molecule has 3 aromatic carbocycles. The summed E-state index contributed by atoms with van der Waals surface area (Å²) >= 11 is 0. The third kappa shape index (κ3) is 20.0. The summed E-state index contributed by atoms with van der Waals surface area (Å²) in [5.41, 5.74) is 5.51. The van der Waals surface area contributed by atoms with Gasteiger partial charge in [-0.15, -0.1) is 0 Å². The van der Waals surface area contributed by atoms with E-state index in [0.717, 1.165) is 27.7 Å². The number of Topliss-reactive ketones (excluding diaryl/α,β-unsaturated/α-hetero) is 1. The number of unbranched alkanes of at least 4 members (excludes halogenated alkanes) is 1. The summed E-state index contributed by atoms with van der Waals surface area (Å²) in [6.07, 6.45) is 0.635. The zero-order valence-corrected chi connectivity index (χ0v) is 41.6. The number of carboxylic acid groups (broad SMARTS) is 1. The number of rotatable bonds is 32. The highest BCUT2D eigenvalue weighted by Crippen LogP contribution is 2.56. The van der Waals surface area contributed by atoms with Gasteiger partial charge >= 0.3 is 23.9 Å². The van der Waals surface area contributed by atoms with Gasteiger partial charge in [0.15, 0.2) is 5.78 Å². The summed E-state index contributed by atoms with van der Waals surface area (Å²) in [4.78, 5) is 113. The summed E-state index contributed by atoms with van der Waals surface area (Å²) in [7, 11) is 2.33. The predicted molar refractivity (Wildman–Crippen MR) is 267 cm³/mol. The van der Waals surface area contributed by atoms with E-state index >= 15 is 0 Å². The van der Waals surface area contributed by atoms with Crippen LogP contribution >= 0.6 is 28.9 Å². The first-order valence-electron chi connectivity index (χ1n) is 22.4. The van der Waals surface area contributed by atoms with Gasteiger partial charge in [0.2, 0.25) is 23.6 Å². The zero-order chi connectivity index (χ0) is 50.6. The lowest BCUT2D eigenvalue weighted by Crippen LogP contribution is -2.49. The number of amides is 4. The summed E-state index contributed by atoms with van der Waals surface area (Å²) in [6, 6.07) is 26.3. The molecule has 4 amide bonds. The molecule has 3 aromatic rings. The van der Waals surface area contributed by atoms with Gasteiger partial charge < -0.3 is 46.3 Å². The number of aliphatic carboxylic acids is 1. The van der Waals surface area contributed by atoms with E-state index in [1.807, 2.05) is 54.6 Å². The van der Waals surface area contributed by atoms with Gasteiger partial charge in [-0.3, -0.25) is 38.4 Å². The SMILES string of the molecule is CCOC(=O)CNC(=O)[C@H](CSSC[C@H](NC(=O)CC[C@H](NC(=O)CCCC[P+](c1ccccc1)(c1ccccc1)c1ccccc1)C(=O)OC)C(=O)CCC(=O)OC)NC(=O)CC[C@H](N)C(=O)O. The second-order valence-electron chi connectivity index (χ2n) is 15.5. The Labute approximate surface area is 410 Å². The van der Waals surface area contributed by atoms with Gasteiger partial charge in [-0.2, -0.15) is 0 Å². The van der Waals surface area contributed by atoms with Crippen LogP contribution in [0.1, 0.15) is 64.7 Å². The molecule has 0 unspecified atom stereocenters. The number of esters is 3. The van der Waals surface area contributed by atoms with Crippen LogP contribution in [0.15, 0.2) is 91.0 Å². The Bertz CT molecular complexity index is 2060. The minimum absolute atomic E-state index is 0.0610. The van der Waals surface area contributed by atoms with E-state index in [9.17, 15) is 43.2 Å². The summed E-state index contributed by atoms with van der Waals surface area (Å²) in [5, 5.41) is 23.0. The van der Waals surface area contributed by atoms with Gasteiger partial charge in [-0.05, 0) is 69.0 Å². The van der Waals surface area contributed by atoms with E-state index in [1.54, 1.807) is 6.92 Å². The number of benzene rings is 3. The van der Waals surface area contributed by atoms with Crippen molar-refractivity contribution in [2.75, 3.05) is 45.0 Å². The summed E-state index contributed by atoms with van der Waals surface area (Å²) in [5.74, 6) is -6.52. The normalized spacial score (nSPS) is 12.8. The molecule has 0 radical (unpaired) electrons. The van der Waals surface area contributed by atoms with Crippen LogP contribution in [0.25, 0.3) is 0 Å². The minimum atomic E-state index is -2.12. The smallest absolute Gasteiger partial charge is 0.328 e. The molecule has 21 heteroatoms. The van der Waals surface area contributed by atoms with Gasteiger partial charge in [0.05, 0.1) is 39.5 Å². The molecule has 0 aliphatic heterocycles. The number of nitrogens with one attached hydrogen (secondary N) is 4. The van der Waals surface area contributed by atoms with Crippen molar-refractivity contribution in [1.29, 1.82) is 0 Å². The molecule has 3 rings (SSSR count). The number of carbonyl (C=O) groups is 9. The number of carboxylic acids is 1. The predicted octanol–water partition coefficient (Wildman–Crippen LogP) is 2.33. The number of nitrogens with two attached hydrogens (primary N) is 1. The number of ether oxygens (including phenoxy) is 3. The number of methoxy groups -OCH3 is 2. The number of hydrogen-bond donors (Lipinski definition) is 6. The van der Waals surface area contributed by atoms with Crippen molar-refractivity contribution in [2.24, 2.45) is 5.73 Å². The largest absolute Gasteiger partial charge is 0.480 e. The van der Waals surface area contributed by atoms with E-state index in [1.165, 1.54) is 30.1 Å². The van der Waals surface area contributed by atoms with Crippen LogP contribution in [0.4, 0.5) is 0 Å². The number of ketones is 1. The molecule has 18 nitrogen and oxygen atoms in total. The molecular weight excluding hydrogens is 950 g/mol. The lowest BCUT2D eigenvalue weighted by molar-refractivity contribution is -0.145. The highest BCUT2D eigenvalue weighted by atomic mass is 33.1. The van der Waals surface area contributed by atoms with Gasteiger partial charge in [0.1, 0.15) is 47.8 Å². The first-order valence-corrected chi connectivity index (χ1v) is 26.9. The highest BCUT2D eigenvalue weighted by Gasteiger charge is 2.44.